The zero-order chi connectivity index (χ0) is 19.7. The van der Waals surface area contributed by atoms with Crippen LogP contribution in [0.4, 0.5) is 0 Å². The first-order valence-electron chi connectivity index (χ1n) is 10.5. The van der Waals surface area contributed by atoms with Crippen molar-refractivity contribution < 1.29 is 4.21 Å². The van der Waals surface area contributed by atoms with Crippen molar-refractivity contribution >= 4 is 32.6 Å². The van der Waals surface area contributed by atoms with E-state index in [2.05, 4.69) is 65.0 Å². The van der Waals surface area contributed by atoms with E-state index in [1.54, 1.807) is 0 Å². The summed E-state index contributed by atoms with van der Waals surface area (Å²) in [5, 5.41) is 6.19. The quantitative estimate of drug-likeness (QED) is 0.540. The van der Waals surface area contributed by atoms with Gasteiger partial charge in [0.1, 0.15) is 0 Å². The zero-order valence-corrected chi connectivity index (χ0v) is 17.6. The van der Waals surface area contributed by atoms with Gasteiger partial charge < -0.3 is 14.5 Å². The summed E-state index contributed by atoms with van der Waals surface area (Å²) in [5.41, 5.74) is 5.34. The predicted octanol–water partition coefficient (Wildman–Crippen LogP) is 4.67. The molecule has 2 aliphatic heterocycles. The van der Waals surface area contributed by atoms with Gasteiger partial charge in [-0.05, 0) is 67.8 Å². The van der Waals surface area contributed by atoms with Gasteiger partial charge in [-0.1, -0.05) is 0 Å². The Bertz CT molecular complexity index is 1300. The van der Waals surface area contributed by atoms with Crippen molar-refractivity contribution in [1.82, 2.24) is 14.5 Å². The molecule has 0 saturated carbocycles. The molecule has 29 heavy (non-hydrogen) atoms. The van der Waals surface area contributed by atoms with E-state index in [9.17, 15) is 4.21 Å². The van der Waals surface area contributed by atoms with E-state index in [1.807, 2.05) is 12.1 Å². The molecule has 6 rings (SSSR count). The first-order valence-corrected chi connectivity index (χ1v) is 11.7. The van der Waals surface area contributed by atoms with Crippen molar-refractivity contribution in [2.24, 2.45) is 7.05 Å². The van der Waals surface area contributed by atoms with E-state index >= 15 is 0 Å². The molecule has 0 aliphatic carbocycles. The summed E-state index contributed by atoms with van der Waals surface area (Å²) < 4.78 is 18.0. The highest BCUT2D eigenvalue weighted by Gasteiger charge is 2.35. The van der Waals surface area contributed by atoms with E-state index in [1.165, 1.54) is 40.5 Å². The molecule has 1 fully saturated rings. The zero-order valence-electron chi connectivity index (χ0n) is 16.8. The summed E-state index contributed by atoms with van der Waals surface area (Å²) in [5.74, 6) is 0. The molecule has 148 valence electrons. The van der Waals surface area contributed by atoms with Crippen molar-refractivity contribution in [2.75, 3.05) is 0 Å². The van der Waals surface area contributed by atoms with Crippen LogP contribution in [0.1, 0.15) is 37.1 Å². The normalized spacial score (nSPS) is 21.7. The molecular formula is C24H25N3OS. The Labute approximate surface area is 173 Å². The summed E-state index contributed by atoms with van der Waals surface area (Å²) in [6.45, 7) is 3.08. The van der Waals surface area contributed by atoms with Gasteiger partial charge in [0.2, 0.25) is 0 Å². The maximum atomic E-state index is 13.4. The fourth-order valence-corrected chi connectivity index (χ4v) is 6.52. The lowest BCUT2D eigenvalue weighted by atomic mass is 9.99. The Morgan fingerprint density at radius 1 is 1.07 bits per heavy atom. The number of nitrogens with one attached hydrogen (secondary N) is 1. The third-order valence-electron chi connectivity index (χ3n) is 6.88. The van der Waals surface area contributed by atoms with Gasteiger partial charge in [0.05, 0.1) is 10.8 Å². The minimum absolute atomic E-state index is 0.446. The van der Waals surface area contributed by atoms with Crippen LogP contribution in [-0.2, 0) is 30.8 Å². The highest BCUT2D eigenvalue weighted by atomic mass is 32.2. The van der Waals surface area contributed by atoms with Crippen LogP contribution in [-0.4, -0.2) is 19.4 Å². The molecule has 2 bridgehead atoms. The van der Waals surface area contributed by atoms with Gasteiger partial charge in [0.15, 0.2) is 0 Å². The molecule has 2 aromatic heterocycles. The lowest BCUT2D eigenvalue weighted by Crippen LogP contribution is -2.32. The van der Waals surface area contributed by atoms with Gasteiger partial charge in [0.25, 0.3) is 0 Å². The van der Waals surface area contributed by atoms with Crippen LogP contribution in [0.3, 0.4) is 0 Å². The second-order valence-corrected chi connectivity index (χ2v) is 9.87. The lowest BCUT2D eigenvalue weighted by Gasteiger charge is -2.23. The number of aryl methyl sites for hydroxylation is 2. The van der Waals surface area contributed by atoms with Gasteiger partial charge >= 0.3 is 0 Å². The number of nitrogens with zero attached hydrogens (tertiary/aromatic N) is 2. The van der Waals surface area contributed by atoms with Crippen LogP contribution in [0.15, 0.2) is 58.5 Å². The Kier molecular flexibility index (Phi) is 3.81. The lowest BCUT2D eigenvalue weighted by molar-refractivity contribution is 0.503. The number of hydrogen-bond donors (Lipinski definition) is 1. The molecule has 3 atom stereocenters. The molecule has 1 saturated heterocycles. The Balaban J connectivity index is 1.45. The molecule has 0 radical (unpaired) electrons. The molecular weight excluding hydrogens is 378 g/mol. The number of fused-ring (bicyclic) bond motifs is 7. The van der Waals surface area contributed by atoms with Crippen molar-refractivity contribution in [3.05, 3.63) is 59.9 Å². The molecule has 1 N–H and O–H groups in total. The standard InChI is InChI=1S/C24H25N3OS/c1-3-27-11-10-15-12-17(5-8-21(15)27)29(28)18-6-9-22-19(14-18)24-20-7-4-16(25-20)13-23(24)26(22)2/h5-6,8-12,14,16,20,25H,3-4,7,13H2,1-2H3. The van der Waals surface area contributed by atoms with Gasteiger partial charge in [-0.15, -0.1) is 0 Å². The molecule has 4 heterocycles. The summed E-state index contributed by atoms with van der Waals surface area (Å²) in [6, 6.07) is 15.7. The predicted molar refractivity (Wildman–Crippen MR) is 118 cm³/mol. The first-order chi connectivity index (χ1) is 14.1. The highest BCUT2D eigenvalue weighted by Crippen LogP contribution is 2.42. The minimum atomic E-state index is -1.18. The van der Waals surface area contributed by atoms with Crippen LogP contribution in [0.2, 0.25) is 0 Å². The average Bonchev–Trinajstić information content (AvgIpc) is 3.42. The summed E-state index contributed by atoms with van der Waals surface area (Å²) >= 11 is 0. The van der Waals surface area contributed by atoms with E-state index in [0.29, 0.717) is 12.1 Å². The van der Waals surface area contributed by atoms with Crippen LogP contribution in [0.25, 0.3) is 21.8 Å². The van der Waals surface area contributed by atoms with Crippen LogP contribution in [0.5, 0.6) is 0 Å². The topological polar surface area (TPSA) is 39.0 Å². The van der Waals surface area contributed by atoms with Crippen molar-refractivity contribution in [3.63, 3.8) is 0 Å². The Morgan fingerprint density at radius 3 is 2.69 bits per heavy atom. The molecule has 0 amide bonds. The van der Waals surface area contributed by atoms with Gasteiger partial charge in [0, 0.05) is 75.6 Å². The molecule has 3 unspecified atom stereocenters. The molecule has 4 nitrogen and oxygen atoms in total. The monoisotopic (exact) mass is 403 g/mol. The third kappa shape index (κ3) is 2.50. The number of rotatable bonds is 3. The van der Waals surface area contributed by atoms with Gasteiger partial charge in [-0.2, -0.15) is 0 Å². The maximum Gasteiger partial charge on any atom is 0.0850 e. The second kappa shape index (κ2) is 6.31. The van der Waals surface area contributed by atoms with Crippen LogP contribution in [0, 0.1) is 0 Å². The fourth-order valence-electron chi connectivity index (χ4n) is 5.40. The second-order valence-electron chi connectivity index (χ2n) is 8.39. The van der Waals surface area contributed by atoms with Crippen molar-refractivity contribution in [2.45, 2.75) is 54.6 Å². The molecule has 0 spiro atoms. The number of benzene rings is 2. The highest BCUT2D eigenvalue weighted by molar-refractivity contribution is 7.85. The van der Waals surface area contributed by atoms with E-state index in [4.69, 9.17) is 0 Å². The minimum Gasteiger partial charge on any atom is -0.348 e. The van der Waals surface area contributed by atoms with Crippen LogP contribution < -0.4 is 5.32 Å². The third-order valence-corrected chi connectivity index (χ3v) is 8.24. The first kappa shape index (κ1) is 17.5. The number of aromatic nitrogens is 2. The number of hydrogen-bond acceptors (Lipinski definition) is 2. The Hall–Kier alpha value is -2.37. The van der Waals surface area contributed by atoms with Gasteiger partial charge in [-0.25, -0.2) is 4.21 Å². The molecule has 4 aromatic rings. The van der Waals surface area contributed by atoms with Crippen molar-refractivity contribution in [1.29, 1.82) is 0 Å². The smallest absolute Gasteiger partial charge is 0.0850 e. The Morgan fingerprint density at radius 2 is 1.86 bits per heavy atom. The van der Waals surface area contributed by atoms with E-state index in [0.717, 1.165) is 28.1 Å². The average molecular weight is 404 g/mol. The summed E-state index contributed by atoms with van der Waals surface area (Å²) in [4.78, 5) is 1.76. The summed E-state index contributed by atoms with van der Waals surface area (Å²) in [7, 11) is 0.991. The van der Waals surface area contributed by atoms with E-state index in [-0.39, 0.29) is 0 Å². The molecule has 2 aliphatic rings. The van der Waals surface area contributed by atoms with Crippen molar-refractivity contribution in [3.8, 4) is 0 Å². The largest absolute Gasteiger partial charge is 0.348 e. The maximum absolute atomic E-state index is 13.4. The van der Waals surface area contributed by atoms with Gasteiger partial charge in [-0.3, -0.25) is 0 Å². The van der Waals surface area contributed by atoms with E-state index < -0.39 is 10.8 Å². The molecule has 5 heteroatoms. The fraction of sp³-hybridized carbons (Fsp3) is 0.333. The van der Waals surface area contributed by atoms with Crippen LogP contribution >= 0.6 is 0 Å². The summed E-state index contributed by atoms with van der Waals surface area (Å²) in [6.07, 6.45) is 5.65. The SMILES string of the molecule is CCn1ccc2cc(S(=O)c3ccc4c(c3)c3c(n4C)CC4CCC3N4)ccc21. The molecule has 2 aromatic carbocycles.